The van der Waals surface area contributed by atoms with Crippen molar-refractivity contribution in [2.24, 2.45) is 5.73 Å². The van der Waals surface area contributed by atoms with Crippen molar-refractivity contribution >= 4 is 6.08 Å². The zero-order valence-electron chi connectivity index (χ0n) is 10.7. The van der Waals surface area contributed by atoms with Gasteiger partial charge in [-0.3, -0.25) is 0 Å². The van der Waals surface area contributed by atoms with Gasteiger partial charge in [-0.1, -0.05) is 72.3 Å². The Hall–Kier alpha value is -1.86. The third-order valence-electron chi connectivity index (χ3n) is 2.93. The Morgan fingerprint density at radius 2 is 1.67 bits per heavy atom. The van der Waals surface area contributed by atoms with Gasteiger partial charge >= 0.3 is 0 Å². The first-order valence-electron chi connectivity index (χ1n) is 6.28. The van der Waals surface area contributed by atoms with E-state index < -0.39 is 0 Å². The van der Waals surface area contributed by atoms with E-state index in [2.05, 4.69) is 55.5 Å². The lowest BCUT2D eigenvalue weighted by atomic mass is 10.1. The van der Waals surface area contributed by atoms with Crippen molar-refractivity contribution in [3.05, 3.63) is 77.4 Å². The first-order valence-corrected chi connectivity index (χ1v) is 6.28. The minimum absolute atomic E-state index is 0.0636. The first kappa shape index (κ1) is 12.6. The van der Waals surface area contributed by atoms with Crippen LogP contribution in [-0.4, -0.2) is 6.04 Å². The van der Waals surface area contributed by atoms with Gasteiger partial charge in [0.05, 0.1) is 0 Å². The van der Waals surface area contributed by atoms with Gasteiger partial charge < -0.3 is 5.73 Å². The van der Waals surface area contributed by atoms with Gasteiger partial charge in [0.15, 0.2) is 0 Å². The summed E-state index contributed by atoms with van der Waals surface area (Å²) in [6, 6.07) is 18.9. The largest absolute Gasteiger partial charge is 0.324 e. The van der Waals surface area contributed by atoms with Gasteiger partial charge in [-0.05, 0) is 24.5 Å². The van der Waals surface area contributed by atoms with E-state index in [1.54, 1.807) is 0 Å². The van der Waals surface area contributed by atoms with Crippen LogP contribution in [0.15, 0.2) is 60.7 Å². The van der Waals surface area contributed by atoms with Gasteiger partial charge in [0.1, 0.15) is 0 Å². The van der Waals surface area contributed by atoms with Crippen molar-refractivity contribution in [1.29, 1.82) is 0 Å². The minimum atomic E-state index is 0.0636. The molecular weight excluding hydrogens is 218 g/mol. The summed E-state index contributed by atoms with van der Waals surface area (Å²) in [7, 11) is 0. The molecule has 0 heterocycles. The predicted molar refractivity (Wildman–Crippen MR) is 78.3 cm³/mol. The maximum Gasteiger partial charge on any atom is 0.0267 e. The normalized spacial score (nSPS) is 12.8. The molecule has 0 radical (unpaired) electrons. The molecule has 0 saturated carbocycles. The zero-order valence-corrected chi connectivity index (χ0v) is 10.7. The monoisotopic (exact) mass is 237 g/mol. The third-order valence-corrected chi connectivity index (χ3v) is 2.93. The Balaban J connectivity index is 1.95. The molecule has 0 unspecified atom stereocenters. The molecule has 2 aromatic rings. The van der Waals surface area contributed by atoms with Gasteiger partial charge in [0.25, 0.3) is 0 Å². The van der Waals surface area contributed by atoms with Crippen LogP contribution in [0.2, 0.25) is 0 Å². The molecule has 0 amide bonds. The molecule has 0 spiro atoms. The summed E-state index contributed by atoms with van der Waals surface area (Å²) in [6.45, 7) is 2.09. The molecule has 1 heteroatoms. The number of hydrogen-bond donors (Lipinski definition) is 1. The summed E-state index contributed by atoms with van der Waals surface area (Å²) >= 11 is 0. The molecule has 18 heavy (non-hydrogen) atoms. The van der Waals surface area contributed by atoms with E-state index in [4.69, 9.17) is 5.73 Å². The smallest absolute Gasteiger partial charge is 0.0267 e. The summed E-state index contributed by atoms with van der Waals surface area (Å²) in [5.41, 5.74) is 9.85. The maximum absolute atomic E-state index is 6.10. The second-order valence-corrected chi connectivity index (χ2v) is 4.62. The standard InChI is InChI=1S/C17H19N/c1-14-7-9-15(10-8-14)11-12-17(18)13-16-5-3-2-4-6-16/h2-12,17H,13,18H2,1H3/b12-11+/t17-/m1/s1. The van der Waals surface area contributed by atoms with E-state index in [-0.39, 0.29) is 6.04 Å². The first-order chi connectivity index (χ1) is 8.74. The molecule has 0 aliphatic heterocycles. The summed E-state index contributed by atoms with van der Waals surface area (Å²) in [6.07, 6.45) is 5.04. The van der Waals surface area contributed by atoms with Crippen LogP contribution in [-0.2, 0) is 6.42 Å². The Morgan fingerprint density at radius 1 is 1.00 bits per heavy atom. The fourth-order valence-electron chi connectivity index (χ4n) is 1.87. The second-order valence-electron chi connectivity index (χ2n) is 4.62. The molecule has 0 aliphatic rings. The van der Waals surface area contributed by atoms with Gasteiger partial charge in [0.2, 0.25) is 0 Å². The summed E-state index contributed by atoms with van der Waals surface area (Å²) < 4.78 is 0. The fourth-order valence-corrected chi connectivity index (χ4v) is 1.87. The molecule has 1 nitrogen and oxygen atoms in total. The highest BCUT2D eigenvalue weighted by molar-refractivity contribution is 5.50. The lowest BCUT2D eigenvalue weighted by Gasteiger charge is -2.06. The van der Waals surface area contributed by atoms with Gasteiger partial charge in [-0.25, -0.2) is 0 Å². The van der Waals surface area contributed by atoms with Crippen molar-refractivity contribution in [3.63, 3.8) is 0 Å². The van der Waals surface area contributed by atoms with Crippen LogP contribution in [0.4, 0.5) is 0 Å². The molecular formula is C17H19N. The molecule has 2 aromatic carbocycles. The van der Waals surface area contributed by atoms with E-state index in [0.29, 0.717) is 0 Å². The van der Waals surface area contributed by atoms with Crippen LogP contribution < -0.4 is 5.73 Å². The zero-order chi connectivity index (χ0) is 12.8. The molecule has 0 aliphatic carbocycles. The summed E-state index contributed by atoms with van der Waals surface area (Å²) in [4.78, 5) is 0. The van der Waals surface area contributed by atoms with E-state index in [9.17, 15) is 0 Å². The van der Waals surface area contributed by atoms with Crippen LogP contribution in [0, 0.1) is 6.92 Å². The quantitative estimate of drug-likeness (QED) is 0.864. The summed E-state index contributed by atoms with van der Waals surface area (Å²) in [5.74, 6) is 0. The SMILES string of the molecule is Cc1ccc(/C=C/[C@@H](N)Cc2ccccc2)cc1. The lowest BCUT2D eigenvalue weighted by molar-refractivity contribution is 0.813. The molecule has 0 saturated heterocycles. The molecule has 92 valence electrons. The predicted octanol–water partition coefficient (Wildman–Crippen LogP) is 3.58. The van der Waals surface area contributed by atoms with Gasteiger partial charge in [-0.15, -0.1) is 0 Å². The van der Waals surface area contributed by atoms with Gasteiger partial charge in [-0.2, -0.15) is 0 Å². The van der Waals surface area contributed by atoms with Crippen molar-refractivity contribution in [2.75, 3.05) is 0 Å². The van der Waals surface area contributed by atoms with E-state index in [1.807, 2.05) is 18.2 Å². The summed E-state index contributed by atoms with van der Waals surface area (Å²) in [5, 5.41) is 0. The van der Waals surface area contributed by atoms with E-state index in [0.717, 1.165) is 6.42 Å². The number of hydrogen-bond acceptors (Lipinski definition) is 1. The lowest BCUT2D eigenvalue weighted by Crippen LogP contribution is -2.19. The number of nitrogens with two attached hydrogens (primary N) is 1. The highest BCUT2D eigenvalue weighted by Gasteiger charge is 1.99. The number of benzene rings is 2. The third kappa shape index (κ3) is 3.86. The Morgan fingerprint density at radius 3 is 2.33 bits per heavy atom. The molecule has 1 atom stereocenters. The molecule has 0 fully saturated rings. The molecule has 0 aromatic heterocycles. The minimum Gasteiger partial charge on any atom is -0.324 e. The molecule has 2 N–H and O–H groups in total. The Labute approximate surface area is 109 Å². The van der Waals surface area contributed by atoms with E-state index in [1.165, 1.54) is 16.7 Å². The Bertz CT molecular complexity index is 497. The van der Waals surface area contributed by atoms with Gasteiger partial charge in [0, 0.05) is 6.04 Å². The van der Waals surface area contributed by atoms with Crippen LogP contribution in [0.25, 0.3) is 6.08 Å². The van der Waals surface area contributed by atoms with Crippen LogP contribution >= 0.6 is 0 Å². The second kappa shape index (κ2) is 6.18. The van der Waals surface area contributed by atoms with Crippen molar-refractivity contribution < 1.29 is 0 Å². The average molecular weight is 237 g/mol. The molecule has 0 bridgehead atoms. The highest BCUT2D eigenvalue weighted by atomic mass is 14.6. The van der Waals surface area contributed by atoms with Crippen LogP contribution in [0.3, 0.4) is 0 Å². The number of rotatable bonds is 4. The van der Waals surface area contributed by atoms with Crippen LogP contribution in [0.5, 0.6) is 0 Å². The van der Waals surface area contributed by atoms with Crippen LogP contribution in [0.1, 0.15) is 16.7 Å². The maximum atomic E-state index is 6.10. The molecule has 2 rings (SSSR count). The average Bonchev–Trinajstić information content (AvgIpc) is 2.39. The fraction of sp³-hybridized carbons (Fsp3) is 0.176. The highest BCUT2D eigenvalue weighted by Crippen LogP contribution is 2.07. The topological polar surface area (TPSA) is 26.0 Å². The Kier molecular flexibility index (Phi) is 4.32. The van der Waals surface area contributed by atoms with Crippen molar-refractivity contribution in [3.8, 4) is 0 Å². The van der Waals surface area contributed by atoms with E-state index >= 15 is 0 Å². The van der Waals surface area contributed by atoms with Crippen molar-refractivity contribution in [1.82, 2.24) is 0 Å². The van der Waals surface area contributed by atoms with Crippen molar-refractivity contribution in [2.45, 2.75) is 19.4 Å². The number of aryl methyl sites for hydroxylation is 1.